The number of benzene rings is 1. The van der Waals surface area contributed by atoms with E-state index in [2.05, 4.69) is 4.98 Å². The van der Waals surface area contributed by atoms with Gasteiger partial charge in [-0.05, 0) is 18.2 Å². The van der Waals surface area contributed by atoms with Crippen molar-refractivity contribution >= 4 is 0 Å². The fourth-order valence-corrected chi connectivity index (χ4v) is 1.32. The molecular weight excluding hydrogens is 216 g/mol. The first-order chi connectivity index (χ1) is 8.29. The van der Waals surface area contributed by atoms with Crippen molar-refractivity contribution in [3.8, 4) is 17.7 Å². The molecule has 0 saturated carbocycles. The summed E-state index contributed by atoms with van der Waals surface area (Å²) >= 11 is 0. The number of hydrogen-bond donors (Lipinski definition) is 1. The second kappa shape index (κ2) is 5.10. The van der Waals surface area contributed by atoms with E-state index in [1.807, 2.05) is 18.2 Å². The molecule has 2 aromatic rings. The third-order valence-corrected chi connectivity index (χ3v) is 2.11. The predicted molar refractivity (Wildman–Crippen MR) is 61.3 cm³/mol. The van der Waals surface area contributed by atoms with Crippen LogP contribution < -0.4 is 4.74 Å². The Balaban J connectivity index is 2.20. The highest BCUT2D eigenvalue weighted by atomic mass is 16.5. The number of rotatable bonds is 3. The zero-order valence-electron chi connectivity index (χ0n) is 8.95. The van der Waals surface area contributed by atoms with Crippen LogP contribution in [0, 0.1) is 11.3 Å². The molecule has 1 aromatic heterocycles. The molecule has 1 aromatic carbocycles. The lowest BCUT2D eigenvalue weighted by Gasteiger charge is -2.06. The first-order valence-electron chi connectivity index (χ1n) is 5.07. The van der Waals surface area contributed by atoms with Crippen molar-refractivity contribution in [2.24, 2.45) is 0 Å². The first kappa shape index (κ1) is 11.1. The van der Waals surface area contributed by atoms with Gasteiger partial charge in [0.15, 0.2) is 6.10 Å². The molecule has 1 N–H and O–H groups in total. The summed E-state index contributed by atoms with van der Waals surface area (Å²) in [5.74, 6) is 1.01. The van der Waals surface area contributed by atoms with Gasteiger partial charge in [-0.25, -0.2) is 4.98 Å². The van der Waals surface area contributed by atoms with E-state index in [0.717, 1.165) is 0 Å². The van der Waals surface area contributed by atoms with Gasteiger partial charge in [0.05, 0.1) is 5.69 Å². The fraction of sp³-hybridized carbons (Fsp3) is 0.0769. The molecular formula is C13H10N2O2. The Morgan fingerprint density at radius 1 is 1.12 bits per heavy atom. The molecule has 0 amide bonds. The van der Waals surface area contributed by atoms with Gasteiger partial charge >= 0.3 is 0 Å². The molecule has 1 heterocycles. The highest BCUT2D eigenvalue weighted by molar-refractivity contribution is 5.28. The summed E-state index contributed by atoms with van der Waals surface area (Å²) in [6, 6.07) is 15.8. The van der Waals surface area contributed by atoms with Crippen LogP contribution in [0.2, 0.25) is 0 Å². The van der Waals surface area contributed by atoms with E-state index in [-0.39, 0.29) is 5.69 Å². The summed E-state index contributed by atoms with van der Waals surface area (Å²) in [5, 5.41) is 17.9. The van der Waals surface area contributed by atoms with Gasteiger partial charge < -0.3 is 9.84 Å². The van der Waals surface area contributed by atoms with Crippen molar-refractivity contribution in [1.29, 1.82) is 5.26 Å². The van der Waals surface area contributed by atoms with E-state index >= 15 is 0 Å². The lowest BCUT2D eigenvalue weighted by atomic mass is 10.2. The van der Waals surface area contributed by atoms with Gasteiger partial charge in [-0.3, -0.25) is 0 Å². The van der Waals surface area contributed by atoms with Crippen LogP contribution in [0.3, 0.4) is 0 Å². The topological polar surface area (TPSA) is 66.1 Å². The molecule has 0 aliphatic carbocycles. The molecule has 0 unspecified atom stereocenters. The van der Waals surface area contributed by atoms with E-state index in [1.165, 1.54) is 0 Å². The Morgan fingerprint density at radius 3 is 2.59 bits per heavy atom. The van der Waals surface area contributed by atoms with Crippen LogP contribution in [0.25, 0.3) is 0 Å². The monoisotopic (exact) mass is 226 g/mol. The van der Waals surface area contributed by atoms with E-state index in [0.29, 0.717) is 11.6 Å². The number of nitrogens with zero attached hydrogens (tertiary/aromatic N) is 2. The standard InChI is InChI=1S/C13H10N2O2/c14-9-12(16)11-7-4-8-13(15-11)17-10-5-2-1-3-6-10/h1-8,12,16H/t12-/m1/s1. The highest BCUT2D eigenvalue weighted by Gasteiger charge is 2.08. The molecule has 0 aliphatic heterocycles. The molecule has 2 rings (SSSR count). The molecule has 17 heavy (non-hydrogen) atoms. The Bertz CT molecular complexity index is 535. The number of aromatic nitrogens is 1. The number of aliphatic hydroxyl groups excluding tert-OH is 1. The summed E-state index contributed by atoms with van der Waals surface area (Å²) in [6.07, 6.45) is -1.23. The molecule has 0 saturated heterocycles. The van der Waals surface area contributed by atoms with Gasteiger partial charge in [-0.15, -0.1) is 0 Å². The van der Waals surface area contributed by atoms with Gasteiger partial charge in [0.1, 0.15) is 11.8 Å². The van der Waals surface area contributed by atoms with Gasteiger partial charge in [0.25, 0.3) is 0 Å². The average Bonchev–Trinajstić information content (AvgIpc) is 2.39. The molecule has 0 fully saturated rings. The molecule has 0 radical (unpaired) electrons. The molecule has 4 heteroatoms. The molecule has 84 valence electrons. The molecule has 0 spiro atoms. The van der Waals surface area contributed by atoms with Crippen LogP contribution in [0.1, 0.15) is 11.8 Å². The number of aliphatic hydroxyl groups is 1. The zero-order valence-corrected chi connectivity index (χ0v) is 8.95. The van der Waals surface area contributed by atoms with E-state index in [9.17, 15) is 5.11 Å². The van der Waals surface area contributed by atoms with Crippen molar-refractivity contribution in [1.82, 2.24) is 4.98 Å². The zero-order chi connectivity index (χ0) is 12.1. The van der Waals surface area contributed by atoms with Crippen LogP contribution in [-0.2, 0) is 0 Å². The Labute approximate surface area is 98.7 Å². The van der Waals surface area contributed by atoms with Crippen molar-refractivity contribution in [2.75, 3.05) is 0 Å². The minimum atomic E-state index is -1.23. The van der Waals surface area contributed by atoms with Crippen molar-refractivity contribution in [2.45, 2.75) is 6.10 Å². The maximum Gasteiger partial charge on any atom is 0.219 e. The summed E-state index contributed by atoms with van der Waals surface area (Å²) in [7, 11) is 0. The maximum atomic E-state index is 9.34. The molecule has 0 aliphatic rings. The third kappa shape index (κ3) is 2.80. The van der Waals surface area contributed by atoms with Crippen molar-refractivity contribution in [3.05, 3.63) is 54.2 Å². The van der Waals surface area contributed by atoms with Gasteiger partial charge in [0, 0.05) is 6.07 Å². The maximum absolute atomic E-state index is 9.34. The Kier molecular flexibility index (Phi) is 3.34. The van der Waals surface area contributed by atoms with E-state index in [4.69, 9.17) is 10.00 Å². The van der Waals surface area contributed by atoms with Crippen LogP contribution >= 0.6 is 0 Å². The van der Waals surface area contributed by atoms with Crippen LogP contribution in [0.15, 0.2) is 48.5 Å². The van der Waals surface area contributed by atoms with E-state index < -0.39 is 6.10 Å². The first-order valence-corrected chi connectivity index (χ1v) is 5.07. The van der Waals surface area contributed by atoms with Gasteiger partial charge in [-0.1, -0.05) is 24.3 Å². The largest absolute Gasteiger partial charge is 0.439 e. The second-order valence-electron chi connectivity index (χ2n) is 3.35. The summed E-state index contributed by atoms with van der Waals surface area (Å²) in [4.78, 5) is 4.04. The normalized spacial score (nSPS) is 11.5. The Hall–Kier alpha value is -2.38. The van der Waals surface area contributed by atoms with Crippen LogP contribution in [0.4, 0.5) is 0 Å². The number of para-hydroxylation sites is 1. The number of nitriles is 1. The quantitative estimate of drug-likeness (QED) is 0.816. The van der Waals surface area contributed by atoms with Gasteiger partial charge in [-0.2, -0.15) is 5.26 Å². The lowest BCUT2D eigenvalue weighted by Crippen LogP contribution is -1.98. The molecule has 4 nitrogen and oxygen atoms in total. The predicted octanol–water partition coefficient (Wildman–Crippen LogP) is 2.43. The summed E-state index contributed by atoms with van der Waals surface area (Å²) in [5.41, 5.74) is 0.279. The SMILES string of the molecule is N#C[C@@H](O)c1cccc(Oc2ccccc2)n1. The smallest absolute Gasteiger partial charge is 0.219 e. The van der Waals surface area contributed by atoms with Crippen LogP contribution in [-0.4, -0.2) is 10.1 Å². The molecule has 1 atom stereocenters. The fourth-order valence-electron chi connectivity index (χ4n) is 1.32. The average molecular weight is 226 g/mol. The van der Waals surface area contributed by atoms with Gasteiger partial charge in [0.2, 0.25) is 5.88 Å². The van der Waals surface area contributed by atoms with Crippen molar-refractivity contribution in [3.63, 3.8) is 0 Å². The summed E-state index contributed by atoms with van der Waals surface area (Å²) in [6.45, 7) is 0. The number of hydrogen-bond acceptors (Lipinski definition) is 4. The number of ether oxygens (including phenoxy) is 1. The number of pyridine rings is 1. The second-order valence-corrected chi connectivity index (χ2v) is 3.35. The van der Waals surface area contributed by atoms with Crippen LogP contribution in [0.5, 0.6) is 11.6 Å². The third-order valence-electron chi connectivity index (χ3n) is 2.11. The molecule has 0 bridgehead atoms. The highest BCUT2D eigenvalue weighted by Crippen LogP contribution is 2.20. The lowest BCUT2D eigenvalue weighted by molar-refractivity contribution is 0.229. The Morgan fingerprint density at radius 2 is 1.88 bits per heavy atom. The van der Waals surface area contributed by atoms with Crippen molar-refractivity contribution < 1.29 is 9.84 Å². The minimum absolute atomic E-state index is 0.279. The van der Waals surface area contributed by atoms with E-state index in [1.54, 1.807) is 36.4 Å². The minimum Gasteiger partial charge on any atom is -0.439 e. The summed E-state index contributed by atoms with van der Waals surface area (Å²) < 4.78 is 5.48.